The number of hydrogen-bond donors (Lipinski definition) is 1. The van der Waals surface area contributed by atoms with Crippen molar-refractivity contribution in [2.75, 3.05) is 13.1 Å². The van der Waals surface area contributed by atoms with Crippen molar-refractivity contribution >= 4 is 0 Å². The Labute approximate surface area is 130 Å². The van der Waals surface area contributed by atoms with E-state index in [1.54, 1.807) is 0 Å². The predicted molar refractivity (Wildman–Crippen MR) is 89.3 cm³/mol. The van der Waals surface area contributed by atoms with Crippen molar-refractivity contribution in [3.8, 4) is 0 Å². The zero-order valence-electron chi connectivity index (χ0n) is 13.7. The third-order valence-corrected chi connectivity index (χ3v) is 4.97. The minimum atomic E-state index is -0.362. The van der Waals surface area contributed by atoms with E-state index in [1.165, 1.54) is 32.1 Å². The molecule has 0 amide bonds. The largest absolute Gasteiger partial charge is 0.387 e. The highest BCUT2D eigenvalue weighted by Crippen LogP contribution is 2.28. The maximum absolute atomic E-state index is 10.8. The zero-order valence-corrected chi connectivity index (χ0v) is 13.7. The first-order valence-electron chi connectivity index (χ1n) is 8.73. The van der Waals surface area contributed by atoms with Crippen LogP contribution in [-0.4, -0.2) is 29.1 Å². The molecule has 1 aromatic rings. The van der Waals surface area contributed by atoms with Gasteiger partial charge in [0.2, 0.25) is 0 Å². The molecule has 0 saturated carbocycles. The average Bonchev–Trinajstić information content (AvgIpc) is 2.75. The summed E-state index contributed by atoms with van der Waals surface area (Å²) in [5, 5.41) is 10.8. The van der Waals surface area contributed by atoms with Gasteiger partial charge in [0, 0.05) is 6.04 Å². The van der Waals surface area contributed by atoms with Gasteiger partial charge in [0.25, 0.3) is 0 Å². The fraction of sp³-hybridized carbons (Fsp3) is 0.684. The third-order valence-electron chi connectivity index (χ3n) is 4.97. The lowest BCUT2D eigenvalue weighted by molar-refractivity contribution is 0.0467. The van der Waals surface area contributed by atoms with Crippen LogP contribution in [0, 0.1) is 5.92 Å². The summed E-state index contributed by atoms with van der Waals surface area (Å²) in [7, 11) is 0. The first-order valence-corrected chi connectivity index (χ1v) is 8.73. The molecule has 2 rings (SSSR count). The van der Waals surface area contributed by atoms with E-state index in [2.05, 4.69) is 18.7 Å². The molecule has 1 saturated heterocycles. The van der Waals surface area contributed by atoms with Gasteiger partial charge in [0.15, 0.2) is 0 Å². The first-order chi connectivity index (χ1) is 10.3. The minimum absolute atomic E-state index is 0.257. The summed E-state index contributed by atoms with van der Waals surface area (Å²) in [5.74, 6) is 0.895. The Balaban J connectivity index is 2.00. The molecule has 2 nitrogen and oxygen atoms in total. The molecular formula is C19H31NO. The number of aliphatic hydroxyl groups excluding tert-OH is 1. The maximum atomic E-state index is 10.8. The van der Waals surface area contributed by atoms with Crippen LogP contribution in [0.4, 0.5) is 0 Å². The second kappa shape index (κ2) is 8.55. The van der Waals surface area contributed by atoms with E-state index in [0.717, 1.165) is 31.0 Å². The molecule has 3 unspecified atom stereocenters. The molecule has 1 heterocycles. The Bertz CT molecular complexity index is 392. The van der Waals surface area contributed by atoms with E-state index in [0.29, 0.717) is 0 Å². The molecule has 1 aromatic carbocycles. The Morgan fingerprint density at radius 1 is 1.14 bits per heavy atom. The number of rotatable bonds is 6. The van der Waals surface area contributed by atoms with Crippen LogP contribution >= 0.6 is 0 Å². The highest BCUT2D eigenvalue weighted by molar-refractivity contribution is 5.18. The van der Waals surface area contributed by atoms with Crippen molar-refractivity contribution in [3.05, 3.63) is 35.9 Å². The van der Waals surface area contributed by atoms with Crippen molar-refractivity contribution < 1.29 is 5.11 Å². The fourth-order valence-corrected chi connectivity index (χ4v) is 3.77. The fourth-order valence-electron chi connectivity index (χ4n) is 3.77. The summed E-state index contributed by atoms with van der Waals surface area (Å²) in [6, 6.07) is 10.4. The molecule has 3 atom stereocenters. The summed E-state index contributed by atoms with van der Waals surface area (Å²) >= 11 is 0. The van der Waals surface area contributed by atoms with Crippen LogP contribution in [0.5, 0.6) is 0 Å². The van der Waals surface area contributed by atoms with Gasteiger partial charge in [-0.3, -0.25) is 4.90 Å². The number of aliphatic hydroxyl groups is 1. The Kier molecular flexibility index (Phi) is 6.72. The predicted octanol–water partition coefficient (Wildman–Crippen LogP) is 4.40. The van der Waals surface area contributed by atoms with Gasteiger partial charge in [-0.2, -0.15) is 0 Å². The number of likely N-dealkylation sites (tertiary alicyclic amines) is 1. The van der Waals surface area contributed by atoms with Gasteiger partial charge in [-0.15, -0.1) is 0 Å². The lowest BCUT2D eigenvalue weighted by atomic mass is 9.95. The smallest absolute Gasteiger partial charge is 0.0945 e. The highest BCUT2D eigenvalue weighted by Gasteiger charge is 2.27. The first kappa shape index (κ1) is 16.5. The van der Waals surface area contributed by atoms with Crippen LogP contribution < -0.4 is 0 Å². The van der Waals surface area contributed by atoms with Crippen LogP contribution in [0.2, 0.25) is 0 Å². The van der Waals surface area contributed by atoms with Gasteiger partial charge in [0.05, 0.1) is 6.10 Å². The Morgan fingerprint density at radius 2 is 1.90 bits per heavy atom. The van der Waals surface area contributed by atoms with Gasteiger partial charge < -0.3 is 5.11 Å². The third kappa shape index (κ3) is 4.55. The van der Waals surface area contributed by atoms with Crippen LogP contribution in [0.15, 0.2) is 30.3 Å². The summed E-state index contributed by atoms with van der Waals surface area (Å²) in [5.41, 5.74) is 1.05. The molecule has 0 radical (unpaired) electrons. The molecule has 1 N–H and O–H groups in total. The van der Waals surface area contributed by atoms with Crippen LogP contribution in [0.25, 0.3) is 0 Å². The van der Waals surface area contributed by atoms with Crippen molar-refractivity contribution in [2.24, 2.45) is 5.92 Å². The number of nitrogens with zero attached hydrogens (tertiary/aromatic N) is 1. The molecule has 0 aromatic heterocycles. The molecule has 0 aliphatic carbocycles. The van der Waals surface area contributed by atoms with Gasteiger partial charge in [-0.25, -0.2) is 0 Å². The molecule has 2 heteroatoms. The molecule has 0 bridgehead atoms. The van der Waals surface area contributed by atoms with Gasteiger partial charge in [0.1, 0.15) is 0 Å². The number of hydrogen-bond acceptors (Lipinski definition) is 2. The van der Waals surface area contributed by atoms with Crippen molar-refractivity contribution in [1.82, 2.24) is 4.90 Å². The maximum Gasteiger partial charge on any atom is 0.0945 e. The Hall–Kier alpha value is -0.860. The van der Waals surface area contributed by atoms with Crippen LogP contribution in [-0.2, 0) is 0 Å². The second-order valence-electron chi connectivity index (χ2n) is 6.45. The topological polar surface area (TPSA) is 23.5 Å². The molecular weight excluding hydrogens is 258 g/mol. The number of benzene rings is 1. The van der Waals surface area contributed by atoms with Crippen molar-refractivity contribution in [2.45, 2.75) is 64.5 Å². The van der Waals surface area contributed by atoms with Crippen LogP contribution in [0.1, 0.15) is 64.0 Å². The molecule has 21 heavy (non-hydrogen) atoms. The van der Waals surface area contributed by atoms with E-state index in [9.17, 15) is 5.11 Å². The van der Waals surface area contributed by atoms with E-state index >= 15 is 0 Å². The van der Waals surface area contributed by atoms with Crippen molar-refractivity contribution in [3.63, 3.8) is 0 Å². The molecule has 1 aliphatic heterocycles. The SMILES string of the molecule is CCCC1CCCN(C(CC)C(O)c2ccccc2)CC1. The molecule has 1 fully saturated rings. The quantitative estimate of drug-likeness (QED) is 0.839. The lowest BCUT2D eigenvalue weighted by Crippen LogP contribution is -2.40. The van der Waals surface area contributed by atoms with E-state index in [4.69, 9.17) is 0 Å². The molecule has 0 spiro atoms. The average molecular weight is 289 g/mol. The zero-order chi connectivity index (χ0) is 15.1. The summed E-state index contributed by atoms with van der Waals surface area (Å²) in [6.07, 6.45) is 7.25. The molecule has 118 valence electrons. The van der Waals surface area contributed by atoms with Crippen LogP contribution in [0.3, 0.4) is 0 Å². The standard InChI is InChI=1S/C19H31NO/c1-3-9-16-10-8-14-20(15-13-16)18(4-2)19(21)17-11-6-5-7-12-17/h5-7,11-12,16,18-19,21H,3-4,8-10,13-15H2,1-2H3. The van der Waals surface area contributed by atoms with Crippen molar-refractivity contribution in [1.29, 1.82) is 0 Å². The summed E-state index contributed by atoms with van der Waals surface area (Å²) < 4.78 is 0. The van der Waals surface area contributed by atoms with E-state index < -0.39 is 0 Å². The minimum Gasteiger partial charge on any atom is -0.387 e. The lowest BCUT2D eigenvalue weighted by Gasteiger charge is -2.33. The Morgan fingerprint density at radius 3 is 2.57 bits per heavy atom. The van der Waals surface area contributed by atoms with Gasteiger partial charge in [-0.1, -0.05) is 57.0 Å². The molecule has 1 aliphatic rings. The normalized spacial score (nSPS) is 23.5. The summed E-state index contributed by atoms with van der Waals surface area (Å²) in [4.78, 5) is 2.54. The van der Waals surface area contributed by atoms with Gasteiger partial charge in [-0.05, 0) is 50.3 Å². The van der Waals surface area contributed by atoms with E-state index in [1.807, 2.05) is 30.3 Å². The summed E-state index contributed by atoms with van der Waals surface area (Å²) in [6.45, 7) is 6.78. The second-order valence-corrected chi connectivity index (χ2v) is 6.45. The highest BCUT2D eigenvalue weighted by atomic mass is 16.3. The van der Waals surface area contributed by atoms with E-state index in [-0.39, 0.29) is 12.1 Å². The van der Waals surface area contributed by atoms with Gasteiger partial charge >= 0.3 is 0 Å². The monoisotopic (exact) mass is 289 g/mol.